The number of hydrogen-bond acceptors (Lipinski definition) is 4. The molecule has 1 atom stereocenters. The number of nitrogens with zero attached hydrogens (tertiary/aromatic N) is 3. The number of hydrogen-bond donors (Lipinski definition) is 0. The summed E-state index contributed by atoms with van der Waals surface area (Å²) in [6, 6.07) is 0.707. The summed E-state index contributed by atoms with van der Waals surface area (Å²) in [5.41, 5.74) is 1.07. The number of rotatable bonds is 5. The molecule has 1 aliphatic rings. The fourth-order valence-corrected chi connectivity index (χ4v) is 2.69. The van der Waals surface area contributed by atoms with Crippen molar-refractivity contribution in [2.75, 3.05) is 27.2 Å². The Kier molecular flexibility index (Phi) is 4.78. The van der Waals surface area contributed by atoms with Crippen molar-refractivity contribution >= 4 is 0 Å². The fraction of sp³-hybridized carbons (Fsp3) is 0.786. The fourth-order valence-electron chi connectivity index (χ4n) is 2.69. The summed E-state index contributed by atoms with van der Waals surface area (Å²) >= 11 is 0. The van der Waals surface area contributed by atoms with E-state index in [4.69, 9.17) is 4.42 Å². The Morgan fingerprint density at radius 3 is 2.94 bits per heavy atom. The second-order valence-corrected chi connectivity index (χ2v) is 5.57. The van der Waals surface area contributed by atoms with Crippen molar-refractivity contribution in [1.29, 1.82) is 0 Å². The molecule has 0 bridgehead atoms. The van der Waals surface area contributed by atoms with Gasteiger partial charge in [0.25, 0.3) is 0 Å². The normalized spacial score (nSPS) is 21.7. The molecule has 18 heavy (non-hydrogen) atoms. The van der Waals surface area contributed by atoms with E-state index in [1.807, 2.05) is 6.92 Å². The highest BCUT2D eigenvalue weighted by molar-refractivity contribution is 4.96. The third kappa shape index (κ3) is 3.82. The highest BCUT2D eigenvalue weighted by Gasteiger charge is 2.23. The maximum atomic E-state index is 5.29. The summed E-state index contributed by atoms with van der Waals surface area (Å²) in [4.78, 5) is 9.26. The van der Waals surface area contributed by atoms with Gasteiger partial charge in [0.1, 0.15) is 6.26 Å². The van der Waals surface area contributed by atoms with Crippen LogP contribution in [-0.4, -0.2) is 48.0 Å². The van der Waals surface area contributed by atoms with Crippen molar-refractivity contribution in [3.63, 3.8) is 0 Å². The Bertz CT molecular complexity index is 362. The number of oxazole rings is 1. The molecule has 2 heterocycles. The minimum absolute atomic E-state index is 0.707. The van der Waals surface area contributed by atoms with Gasteiger partial charge in [-0.25, -0.2) is 4.98 Å². The Morgan fingerprint density at radius 1 is 1.44 bits per heavy atom. The maximum Gasteiger partial charge on any atom is 0.191 e. The van der Waals surface area contributed by atoms with Gasteiger partial charge in [0.05, 0.1) is 5.69 Å². The van der Waals surface area contributed by atoms with Crippen molar-refractivity contribution in [1.82, 2.24) is 14.8 Å². The third-order valence-electron chi connectivity index (χ3n) is 3.69. The summed E-state index contributed by atoms with van der Waals surface area (Å²) in [5.74, 6) is 0.770. The predicted octanol–water partition coefficient (Wildman–Crippen LogP) is 2.29. The molecule has 1 fully saturated rings. The van der Waals surface area contributed by atoms with E-state index in [-0.39, 0.29) is 0 Å². The van der Waals surface area contributed by atoms with Crippen LogP contribution < -0.4 is 0 Å². The van der Waals surface area contributed by atoms with E-state index < -0.39 is 0 Å². The zero-order chi connectivity index (χ0) is 13.0. The smallest absolute Gasteiger partial charge is 0.191 e. The van der Waals surface area contributed by atoms with Crippen LogP contribution in [0.2, 0.25) is 0 Å². The summed E-state index contributed by atoms with van der Waals surface area (Å²) in [6.07, 6.45) is 7.06. The molecule has 4 nitrogen and oxygen atoms in total. The number of likely N-dealkylation sites (tertiary alicyclic amines) is 1. The second-order valence-electron chi connectivity index (χ2n) is 5.57. The number of aromatic nitrogens is 1. The van der Waals surface area contributed by atoms with Gasteiger partial charge < -0.3 is 9.32 Å². The molecule has 4 heteroatoms. The molecule has 0 amide bonds. The van der Waals surface area contributed by atoms with Crippen LogP contribution in [0.25, 0.3) is 0 Å². The van der Waals surface area contributed by atoms with E-state index in [1.54, 1.807) is 6.26 Å². The van der Waals surface area contributed by atoms with Gasteiger partial charge in [-0.05, 0) is 46.4 Å². The van der Waals surface area contributed by atoms with Gasteiger partial charge in [-0.2, -0.15) is 0 Å². The molecule has 0 N–H and O–H groups in total. The van der Waals surface area contributed by atoms with Crippen molar-refractivity contribution in [3.8, 4) is 0 Å². The van der Waals surface area contributed by atoms with Crippen LogP contribution in [0.1, 0.15) is 37.3 Å². The van der Waals surface area contributed by atoms with Crippen LogP contribution in [0.4, 0.5) is 0 Å². The Hall–Kier alpha value is -0.870. The minimum Gasteiger partial charge on any atom is -0.449 e. The highest BCUT2D eigenvalue weighted by atomic mass is 16.3. The molecular weight excluding hydrogens is 226 g/mol. The lowest BCUT2D eigenvalue weighted by Gasteiger charge is -2.35. The molecule has 102 valence electrons. The lowest BCUT2D eigenvalue weighted by atomic mass is 9.99. The van der Waals surface area contributed by atoms with Crippen molar-refractivity contribution in [2.45, 2.75) is 45.2 Å². The zero-order valence-electron chi connectivity index (χ0n) is 11.9. The van der Waals surface area contributed by atoms with Gasteiger partial charge >= 0.3 is 0 Å². The summed E-state index contributed by atoms with van der Waals surface area (Å²) in [7, 11) is 4.29. The van der Waals surface area contributed by atoms with E-state index in [0.717, 1.165) is 18.1 Å². The number of aryl methyl sites for hydroxylation is 1. The van der Waals surface area contributed by atoms with Crippen molar-refractivity contribution in [3.05, 3.63) is 17.8 Å². The molecule has 0 aromatic carbocycles. The van der Waals surface area contributed by atoms with E-state index >= 15 is 0 Å². The Balaban J connectivity index is 1.90. The average Bonchev–Trinajstić information content (AvgIpc) is 2.73. The SMILES string of the molecule is Cc1nc(CN2CCCCC2CCN(C)C)co1. The molecule has 1 aromatic rings. The van der Waals surface area contributed by atoms with Crippen LogP contribution in [0.15, 0.2) is 10.7 Å². The summed E-state index contributed by atoms with van der Waals surface area (Å²) < 4.78 is 5.29. The van der Waals surface area contributed by atoms with Crippen LogP contribution >= 0.6 is 0 Å². The quantitative estimate of drug-likeness (QED) is 0.804. The molecular formula is C14H25N3O. The lowest BCUT2D eigenvalue weighted by Crippen LogP contribution is -2.40. The lowest BCUT2D eigenvalue weighted by molar-refractivity contribution is 0.123. The van der Waals surface area contributed by atoms with Crippen molar-refractivity contribution < 1.29 is 4.42 Å². The van der Waals surface area contributed by atoms with E-state index in [2.05, 4.69) is 28.9 Å². The van der Waals surface area contributed by atoms with Crippen LogP contribution in [0.5, 0.6) is 0 Å². The van der Waals surface area contributed by atoms with Crippen LogP contribution in [-0.2, 0) is 6.54 Å². The zero-order valence-corrected chi connectivity index (χ0v) is 11.9. The Morgan fingerprint density at radius 2 is 2.28 bits per heavy atom. The van der Waals surface area contributed by atoms with Crippen LogP contribution in [0, 0.1) is 6.92 Å². The minimum atomic E-state index is 0.707. The molecule has 0 spiro atoms. The molecule has 0 radical (unpaired) electrons. The largest absolute Gasteiger partial charge is 0.449 e. The predicted molar refractivity (Wildman–Crippen MR) is 72.5 cm³/mol. The van der Waals surface area contributed by atoms with E-state index in [9.17, 15) is 0 Å². The van der Waals surface area contributed by atoms with Gasteiger partial charge in [0.15, 0.2) is 5.89 Å². The van der Waals surface area contributed by atoms with Crippen LogP contribution in [0.3, 0.4) is 0 Å². The van der Waals surface area contributed by atoms with Gasteiger partial charge in [-0.1, -0.05) is 6.42 Å². The van der Waals surface area contributed by atoms with E-state index in [0.29, 0.717) is 6.04 Å². The van der Waals surface area contributed by atoms with Gasteiger partial charge in [0, 0.05) is 19.5 Å². The standard InChI is InChI=1S/C14H25N3O/c1-12-15-13(11-18-12)10-17-8-5-4-6-14(17)7-9-16(2)3/h11,14H,4-10H2,1-3H3. The molecule has 1 aromatic heterocycles. The van der Waals surface area contributed by atoms with Gasteiger partial charge in [-0.3, -0.25) is 4.90 Å². The summed E-state index contributed by atoms with van der Waals surface area (Å²) in [6.45, 7) is 5.21. The first-order valence-corrected chi connectivity index (χ1v) is 6.95. The second kappa shape index (κ2) is 6.34. The van der Waals surface area contributed by atoms with Gasteiger partial charge in [0.2, 0.25) is 0 Å². The first-order valence-electron chi connectivity index (χ1n) is 6.95. The molecule has 1 unspecified atom stereocenters. The Labute approximate surface area is 110 Å². The summed E-state index contributed by atoms with van der Waals surface area (Å²) in [5, 5.41) is 0. The monoisotopic (exact) mass is 251 g/mol. The molecule has 1 aliphatic heterocycles. The molecule has 2 rings (SSSR count). The molecule has 0 saturated carbocycles. The first-order chi connectivity index (χ1) is 8.65. The maximum absolute atomic E-state index is 5.29. The van der Waals surface area contributed by atoms with E-state index in [1.165, 1.54) is 38.8 Å². The highest BCUT2D eigenvalue weighted by Crippen LogP contribution is 2.21. The third-order valence-corrected chi connectivity index (χ3v) is 3.69. The molecule has 0 aliphatic carbocycles. The molecule has 1 saturated heterocycles. The van der Waals surface area contributed by atoms with Crippen molar-refractivity contribution in [2.24, 2.45) is 0 Å². The topological polar surface area (TPSA) is 32.5 Å². The first kappa shape index (κ1) is 13.6. The van der Waals surface area contributed by atoms with Gasteiger partial charge in [-0.15, -0.1) is 0 Å². The average molecular weight is 251 g/mol. The number of piperidine rings is 1.